The fourth-order valence-electron chi connectivity index (χ4n) is 1.26. The summed E-state index contributed by atoms with van der Waals surface area (Å²) in [5, 5.41) is 18.8. The van der Waals surface area contributed by atoms with E-state index in [0.29, 0.717) is 6.42 Å². The molecule has 0 radical (unpaired) electrons. The van der Waals surface area contributed by atoms with Gasteiger partial charge in [-0.05, 0) is 24.0 Å². The molecule has 0 atom stereocenters. The van der Waals surface area contributed by atoms with Gasteiger partial charge in [-0.25, -0.2) is 0 Å². The molecule has 0 saturated heterocycles. The van der Waals surface area contributed by atoms with Gasteiger partial charge < -0.3 is 10.2 Å². The summed E-state index contributed by atoms with van der Waals surface area (Å²) in [6.45, 7) is 4.03. The summed E-state index contributed by atoms with van der Waals surface area (Å²) < 4.78 is 0.888. The second kappa shape index (κ2) is 4.32. The van der Waals surface area contributed by atoms with Gasteiger partial charge in [0.2, 0.25) is 0 Å². The predicted molar refractivity (Wildman–Crippen MR) is 60.4 cm³/mol. The van der Waals surface area contributed by atoms with Crippen molar-refractivity contribution in [1.82, 2.24) is 0 Å². The number of hydrogen-bond acceptors (Lipinski definition) is 2. The number of phenolic OH excluding ortho intramolecular Hbond substituents is 1. The lowest BCUT2D eigenvalue weighted by molar-refractivity contribution is 0.158. The van der Waals surface area contributed by atoms with E-state index in [1.807, 2.05) is 19.9 Å². The minimum absolute atomic E-state index is 0.105. The van der Waals surface area contributed by atoms with Crippen molar-refractivity contribution in [2.45, 2.75) is 20.3 Å². The first-order valence-electron chi connectivity index (χ1n) is 4.53. The lowest BCUT2D eigenvalue weighted by atomic mass is 9.86. The molecule has 2 nitrogen and oxygen atoms in total. The third-order valence-corrected chi connectivity index (χ3v) is 2.92. The van der Waals surface area contributed by atoms with E-state index in [9.17, 15) is 5.11 Å². The van der Waals surface area contributed by atoms with Crippen LogP contribution in [-0.4, -0.2) is 16.8 Å². The molecule has 0 aromatic heterocycles. The predicted octanol–water partition coefficient (Wildman–Crippen LogP) is 2.72. The second-order valence-corrected chi connectivity index (χ2v) is 5.09. The van der Waals surface area contributed by atoms with Gasteiger partial charge in [0, 0.05) is 16.6 Å². The van der Waals surface area contributed by atoms with E-state index in [2.05, 4.69) is 15.9 Å². The summed E-state index contributed by atoms with van der Waals surface area (Å²) in [5.41, 5.74) is 0.646. The van der Waals surface area contributed by atoms with Crippen molar-refractivity contribution in [3.8, 4) is 5.75 Å². The van der Waals surface area contributed by atoms with Gasteiger partial charge in [0.15, 0.2) is 0 Å². The maximum Gasteiger partial charge on any atom is 0.119 e. The first-order valence-corrected chi connectivity index (χ1v) is 5.33. The van der Waals surface area contributed by atoms with Crippen LogP contribution in [0.1, 0.15) is 19.4 Å². The Hall–Kier alpha value is -0.540. The third-order valence-electron chi connectivity index (χ3n) is 2.18. The first kappa shape index (κ1) is 11.5. The van der Waals surface area contributed by atoms with E-state index < -0.39 is 0 Å². The Labute approximate surface area is 92.7 Å². The topological polar surface area (TPSA) is 40.5 Å². The van der Waals surface area contributed by atoms with Gasteiger partial charge in [-0.15, -0.1) is 0 Å². The SMILES string of the molecule is CC(C)(CO)Cc1c(O)cccc1Br. The van der Waals surface area contributed by atoms with Crippen molar-refractivity contribution in [3.05, 3.63) is 28.2 Å². The monoisotopic (exact) mass is 258 g/mol. The lowest BCUT2D eigenvalue weighted by Crippen LogP contribution is -2.20. The van der Waals surface area contributed by atoms with E-state index in [1.165, 1.54) is 0 Å². The lowest BCUT2D eigenvalue weighted by Gasteiger charge is -2.22. The Morgan fingerprint density at radius 1 is 1.36 bits per heavy atom. The molecule has 0 heterocycles. The summed E-state index contributed by atoms with van der Waals surface area (Å²) in [5.74, 6) is 0.279. The molecule has 3 heteroatoms. The number of aliphatic hydroxyl groups excluding tert-OH is 1. The molecule has 1 rings (SSSR count). The summed E-state index contributed by atoms with van der Waals surface area (Å²) in [7, 11) is 0. The van der Waals surface area contributed by atoms with Crippen LogP contribution in [0.15, 0.2) is 22.7 Å². The normalized spacial score (nSPS) is 11.7. The Morgan fingerprint density at radius 3 is 2.50 bits per heavy atom. The molecular weight excluding hydrogens is 244 g/mol. The summed E-state index contributed by atoms with van der Waals surface area (Å²) in [6, 6.07) is 5.34. The highest BCUT2D eigenvalue weighted by Gasteiger charge is 2.20. The van der Waals surface area contributed by atoms with Crippen molar-refractivity contribution >= 4 is 15.9 Å². The maximum atomic E-state index is 9.64. The average molecular weight is 259 g/mol. The van der Waals surface area contributed by atoms with Gasteiger partial charge in [0.05, 0.1) is 0 Å². The van der Waals surface area contributed by atoms with E-state index in [-0.39, 0.29) is 17.8 Å². The number of halogens is 1. The molecule has 0 aliphatic rings. The number of aromatic hydroxyl groups is 1. The molecule has 0 amide bonds. The van der Waals surface area contributed by atoms with E-state index >= 15 is 0 Å². The summed E-state index contributed by atoms with van der Waals surface area (Å²) in [4.78, 5) is 0. The van der Waals surface area contributed by atoms with Crippen LogP contribution in [0.4, 0.5) is 0 Å². The van der Waals surface area contributed by atoms with E-state index in [4.69, 9.17) is 5.11 Å². The highest BCUT2D eigenvalue weighted by molar-refractivity contribution is 9.10. The van der Waals surface area contributed by atoms with Crippen LogP contribution < -0.4 is 0 Å². The fourth-order valence-corrected chi connectivity index (χ4v) is 1.75. The van der Waals surface area contributed by atoms with Crippen molar-refractivity contribution in [3.63, 3.8) is 0 Å². The van der Waals surface area contributed by atoms with Crippen LogP contribution in [0.5, 0.6) is 5.75 Å². The maximum absolute atomic E-state index is 9.64. The van der Waals surface area contributed by atoms with Crippen molar-refractivity contribution in [1.29, 1.82) is 0 Å². The van der Waals surface area contributed by atoms with Crippen LogP contribution in [0.2, 0.25) is 0 Å². The number of hydrogen-bond donors (Lipinski definition) is 2. The molecule has 0 fully saturated rings. The van der Waals surface area contributed by atoms with Gasteiger partial charge in [0.1, 0.15) is 5.75 Å². The standard InChI is InChI=1S/C11H15BrO2/c1-11(2,7-13)6-8-9(12)4-3-5-10(8)14/h3-5,13-14H,6-7H2,1-2H3. The van der Waals surface area contributed by atoms with E-state index in [1.54, 1.807) is 12.1 Å². The third kappa shape index (κ3) is 2.72. The molecular formula is C11H15BrO2. The molecule has 2 N–H and O–H groups in total. The fraction of sp³-hybridized carbons (Fsp3) is 0.455. The molecule has 14 heavy (non-hydrogen) atoms. The summed E-state index contributed by atoms with van der Waals surface area (Å²) >= 11 is 3.39. The zero-order chi connectivity index (χ0) is 10.8. The largest absolute Gasteiger partial charge is 0.508 e. The van der Waals surface area contributed by atoms with Crippen LogP contribution in [0.3, 0.4) is 0 Å². The van der Waals surface area contributed by atoms with Crippen molar-refractivity contribution < 1.29 is 10.2 Å². The van der Waals surface area contributed by atoms with Crippen LogP contribution in [0, 0.1) is 5.41 Å². The minimum atomic E-state index is -0.207. The molecule has 0 bridgehead atoms. The molecule has 0 saturated carbocycles. The first-order chi connectivity index (χ1) is 6.46. The van der Waals surface area contributed by atoms with Gasteiger partial charge in [0.25, 0.3) is 0 Å². The highest BCUT2D eigenvalue weighted by Crippen LogP contribution is 2.32. The van der Waals surface area contributed by atoms with Crippen LogP contribution >= 0.6 is 15.9 Å². The molecule has 0 aliphatic carbocycles. The minimum Gasteiger partial charge on any atom is -0.508 e. The highest BCUT2D eigenvalue weighted by atomic mass is 79.9. The smallest absolute Gasteiger partial charge is 0.119 e. The number of phenols is 1. The van der Waals surface area contributed by atoms with Gasteiger partial charge in [-0.1, -0.05) is 35.8 Å². The molecule has 0 spiro atoms. The number of aliphatic hydroxyl groups is 1. The number of benzene rings is 1. The zero-order valence-corrected chi connectivity index (χ0v) is 10.0. The van der Waals surface area contributed by atoms with Gasteiger partial charge in [-0.3, -0.25) is 0 Å². The van der Waals surface area contributed by atoms with Crippen molar-refractivity contribution in [2.24, 2.45) is 5.41 Å². The Morgan fingerprint density at radius 2 is 2.00 bits per heavy atom. The molecule has 0 unspecified atom stereocenters. The quantitative estimate of drug-likeness (QED) is 0.876. The molecule has 1 aromatic rings. The average Bonchev–Trinajstić information content (AvgIpc) is 2.12. The molecule has 78 valence electrons. The molecule has 0 aliphatic heterocycles. The Kier molecular flexibility index (Phi) is 3.56. The van der Waals surface area contributed by atoms with Crippen LogP contribution in [-0.2, 0) is 6.42 Å². The van der Waals surface area contributed by atoms with E-state index in [0.717, 1.165) is 10.0 Å². The van der Waals surface area contributed by atoms with Gasteiger partial charge in [-0.2, -0.15) is 0 Å². The number of rotatable bonds is 3. The van der Waals surface area contributed by atoms with Gasteiger partial charge >= 0.3 is 0 Å². The van der Waals surface area contributed by atoms with Crippen molar-refractivity contribution in [2.75, 3.05) is 6.61 Å². The molecule has 1 aromatic carbocycles. The second-order valence-electron chi connectivity index (χ2n) is 4.24. The Balaban J connectivity index is 2.97. The summed E-state index contributed by atoms with van der Waals surface area (Å²) in [6.07, 6.45) is 0.650. The zero-order valence-electron chi connectivity index (χ0n) is 8.42. The van der Waals surface area contributed by atoms with Crippen LogP contribution in [0.25, 0.3) is 0 Å². The Bertz CT molecular complexity index is 301.